The minimum absolute atomic E-state index is 0.00219. The zero-order chi connectivity index (χ0) is 26.6. The van der Waals surface area contributed by atoms with E-state index in [2.05, 4.69) is 25.5 Å². The number of anilines is 4. The van der Waals surface area contributed by atoms with Gasteiger partial charge in [0, 0.05) is 43.9 Å². The Hall–Kier alpha value is -3.87. The molecule has 3 aromatic heterocycles. The lowest BCUT2D eigenvalue weighted by Gasteiger charge is -2.22. The fourth-order valence-corrected chi connectivity index (χ4v) is 4.75. The summed E-state index contributed by atoms with van der Waals surface area (Å²) in [7, 11) is -0.515. The molecule has 10 nitrogen and oxygen atoms in total. The molecule has 0 spiro atoms. The molecule has 0 radical (unpaired) electrons. The van der Waals surface area contributed by atoms with Crippen LogP contribution in [0.3, 0.4) is 0 Å². The van der Waals surface area contributed by atoms with E-state index in [1.54, 1.807) is 0 Å². The van der Waals surface area contributed by atoms with Crippen LogP contribution < -0.4 is 10.2 Å². The van der Waals surface area contributed by atoms with Crippen molar-refractivity contribution in [3.8, 4) is 11.4 Å². The molecule has 1 saturated carbocycles. The number of nitrogens with zero attached hydrogens (tertiary/aromatic N) is 6. The van der Waals surface area contributed by atoms with Gasteiger partial charge in [-0.2, -0.15) is 10.1 Å². The molecular weight excluding hydrogens is 502 g/mol. The maximum absolute atomic E-state index is 15.1. The maximum atomic E-state index is 15.1. The summed E-state index contributed by atoms with van der Waals surface area (Å²) in [6, 6.07) is 3.39. The molecule has 1 aromatic carbocycles. The molecule has 1 aliphatic carbocycles. The van der Waals surface area contributed by atoms with Gasteiger partial charge in [0.1, 0.15) is 28.7 Å². The van der Waals surface area contributed by atoms with Gasteiger partial charge in [0.25, 0.3) is 0 Å². The summed E-state index contributed by atoms with van der Waals surface area (Å²) in [6.45, 7) is 3.74. The molecule has 194 valence electrons. The number of halogens is 2. The lowest BCUT2D eigenvalue weighted by molar-refractivity contribution is 0.569. The minimum atomic E-state index is -3.81. The van der Waals surface area contributed by atoms with Crippen LogP contribution >= 0.6 is 0 Å². The molecule has 0 saturated heterocycles. The predicted octanol–water partition coefficient (Wildman–Crippen LogP) is 4.29. The van der Waals surface area contributed by atoms with Crippen LogP contribution in [0.4, 0.5) is 32.1 Å². The number of hydrogen-bond acceptors (Lipinski definition) is 8. The number of aromatic amines is 1. The third-order valence-electron chi connectivity index (χ3n) is 6.28. The van der Waals surface area contributed by atoms with Crippen molar-refractivity contribution in [3.63, 3.8) is 0 Å². The second-order valence-electron chi connectivity index (χ2n) is 9.32. The second kappa shape index (κ2) is 8.91. The van der Waals surface area contributed by atoms with Gasteiger partial charge in [0.05, 0.1) is 4.90 Å². The van der Waals surface area contributed by atoms with Crippen molar-refractivity contribution in [2.24, 2.45) is 7.05 Å². The van der Waals surface area contributed by atoms with E-state index in [-0.39, 0.29) is 11.9 Å². The number of imidazole rings is 1. The molecule has 37 heavy (non-hydrogen) atoms. The maximum Gasteiger partial charge on any atom is 0.232 e. The van der Waals surface area contributed by atoms with Gasteiger partial charge < -0.3 is 14.8 Å². The normalized spacial score (nSPS) is 13.7. The molecule has 0 aliphatic heterocycles. The van der Waals surface area contributed by atoms with Crippen molar-refractivity contribution in [2.75, 3.05) is 23.5 Å². The van der Waals surface area contributed by atoms with Crippen LogP contribution in [0.1, 0.15) is 35.8 Å². The Morgan fingerprint density at radius 2 is 1.78 bits per heavy atom. The molecule has 1 aliphatic rings. The number of nitrogens with one attached hydrogen (secondary N) is 2. The molecule has 0 bridgehead atoms. The number of aryl methyl sites for hydroxylation is 3. The molecule has 3 heterocycles. The molecule has 0 amide bonds. The van der Waals surface area contributed by atoms with Gasteiger partial charge in [-0.15, -0.1) is 0 Å². The summed E-state index contributed by atoms with van der Waals surface area (Å²) in [6.07, 6.45) is 4.63. The van der Waals surface area contributed by atoms with E-state index in [0.717, 1.165) is 53.2 Å². The van der Waals surface area contributed by atoms with Crippen LogP contribution in [0.5, 0.6) is 0 Å². The highest BCUT2D eigenvalue weighted by Crippen LogP contribution is 2.48. The Labute approximate surface area is 212 Å². The van der Waals surface area contributed by atoms with Gasteiger partial charge in [-0.05, 0) is 44.7 Å². The SMILES string of the molecule is Cc1cc(Nc2nc(N(C)c3c(F)cc(S(C)(=O)=O)cc3F)nc(-c3cn(C)c(C)n3)c2C2CC2)n[nH]1. The molecule has 1 fully saturated rings. The van der Waals surface area contributed by atoms with Gasteiger partial charge in [0.2, 0.25) is 5.95 Å². The Balaban J connectivity index is 1.69. The smallest absolute Gasteiger partial charge is 0.232 e. The highest BCUT2D eigenvalue weighted by molar-refractivity contribution is 7.90. The lowest BCUT2D eigenvalue weighted by atomic mass is 10.1. The van der Waals surface area contributed by atoms with E-state index in [1.165, 1.54) is 7.05 Å². The molecule has 0 atom stereocenters. The molecular formula is C24H26F2N8O2S. The summed E-state index contributed by atoms with van der Waals surface area (Å²) in [4.78, 5) is 14.7. The monoisotopic (exact) mass is 528 g/mol. The van der Waals surface area contributed by atoms with Crippen molar-refractivity contribution in [1.29, 1.82) is 0 Å². The van der Waals surface area contributed by atoms with Gasteiger partial charge in [-0.3, -0.25) is 5.10 Å². The Morgan fingerprint density at radius 1 is 1.11 bits per heavy atom. The third kappa shape index (κ3) is 4.78. The van der Waals surface area contributed by atoms with Gasteiger partial charge in [-0.25, -0.2) is 27.2 Å². The first kappa shape index (κ1) is 24.8. The highest BCUT2D eigenvalue weighted by atomic mass is 32.2. The van der Waals surface area contributed by atoms with Crippen LogP contribution in [0.25, 0.3) is 11.4 Å². The Bertz CT molecular complexity index is 1580. The zero-order valence-electron chi connectivity index (χ0n) is 21.0. The number of hydrogen-bond donors (Lipinski definition) is 2. The van der Waals surface area contributed by atoms with Crippen LogP contribution in [-0.2, 0) is 16.9 Å². The number of aromatic nitrogens is 6. The van der Waals surface area contributed by atoms with E-state index in [9.17, 15) is 8.42 Å². The summed E-state index contributed by atoms with van der Waals surface area (Å²) >= 11 is 0. The Morgan fingerprint density at radius 3 is 2.30 bits per heavy atom. The van der Waals surface area contributed by atoms with E-state index >= 15 is 8.78 Å². The van der Waals surface area contributed by atoms with Crippen LogP contribution in [-0.4, -0.2) is 51.4 Å². The van der Waals surface area contributed by atoms with E-state index in [4.69, 9.17) is 4.98 Å². The Kier molecular flexibility index (Phi) is 5.97. The average Bonchev–Trinajstić information content (AvgIpc) is 3.48. The van der Waals surface area contributed by atoms with E-state index in [0.29, 0.717) is 23.0 Å². The van der Waals surface area contributed by atoms with Crippen molar-refractivity contribution >= 4 is 33.1 Å². The number of rotatable bonds is 7. The van der Waals surface area contributed by atoms with Gasteiger partial charge in [0.15, 0.2) is 27.3 Å². The number of benzene rings is 1. The fourth-order valence-electron chi connectivity index (χ4n) is 4.11. The number of sulfone groups is 1. The van der Waals surface area contributed by atoms with Crippen molar-refractivity contribution in [1.82, 2.24) is 29.7 Å². The predicted molar refractivity (Wildman–Crippen MR) is 135 cm³/mol. The van der Waals surface area contributed by atoms with Crippen LogP contribution in [0.2, 0.25) is 0 Å². The number of H-pyrrole nitrogens is 1. The summed E-state index contributed by atoms with van der Waals surface area (Å²) < 4.78 is 55.7. The minimum Gasteiger partial charge on any atom is -0.338 e. The average molecular weight is 529 g/mol. The largest absolute Gasteiger partial charge is 0.338 e. The standard InChI is InChI=1S/C24H26F2N8O2S/c1-12-8-19(32-31-12)28-23-20(14-6-7-14)21(18-11-33(3)13(2)27-18)29-24(30-23)34(4)22-16(25)9-15(10-17(22)26)37(5,35)36/h8-11,14H,6-7H2,1-5H3,(H2,28,29,30,31,32). The first-order chi connectivity index (χ1) is 17.4. The van der Waals surface area contributed by atoms with Crippen LogP contribution in [0.15, 0.2) is 29.3 Å². The third-order valence-corrected chi connectivity index (χ3v) is 7.37. The van der Waals surface area contributed by atoms with Crippen molar-refractivity contribution in [3.05, 3.63) is 53.1 Å². The van der Waals surface area contributed by atoms with Gasteiger partial charge >= 0.3 is 0 Å². The first-order valence-electron chi connectivity index (χ1n) is 11.6. The van der Waals surface area contributed by atoms with E-state index in [1.807, 2.05) is 37.7 Å². The quantitative estimate of drug-likeness (QED) is 0.364. The summed E-state index contributed by atoms with van der Waals surface area (Å²) in [5.41, 5.74) is 2.37. The van der Waals surface area contributed by atoms with Gasteiger partial charge in [-0.1, -0.05) is 0 Å². The molecule has 2 N–H and O–H groups in total. The highest BCUT2D eigenvalue weighted by Gasteiger charge is 2.34. The lowest BCUT2D eigenvalue weighted by Crippen LogP contribution is -2.19. The summed E-state index contributed by atoms with van der Waals surface area (Å²) in [5.74, 6) is -0.140. The molecule has 0 unspecified atom stereocenters. The summed E-state index contributed by atoms with van der Waals surface area (Å²) in [5, 5.41) is 10.3. The van der Waals surface area contributed by atoms with Crippen molar-refractivity contribution in [2.45, 2.75) is 37.5 Å². The fraction of sp³-hybridized carbons (Fsp3) is 0.333. The van der Waals surface area contributed by atoms with Crippen molar-refractivity contribution < 1.29 is 17.2 Å². The molecule has 13 heteroatoms. The second-order valence-corrected chi connectivity index (χ2v) is 11.3. The van der Waals surface area contributed by atoms with E-state index < -0.39 is 32.1 Å². The molecule has 4 aromatic rings. The first-order valence-corrected chi connectivity index (χ1v) is 13.5. The zero-order valence-corrected chi connectivity index (χ0v) is 21.8. The van der Waals surface area contributed by atoms with Crippen LogP contribution in [0, 0.1) is 25.5 Å². The topological polar surface area (TPSA) is 122 Å². The molecule has 5 rings (SSSR count).